The van der Waals surface area contributed by atoms with E-state index in [9.17, 15) is 4.79 Å². The van der Waals surface area contributed by atoms with Crippen molar-refractivity contribution in [2.24, 2.45) is 5.92 Å². The molecule has 0 unspecified atom stereocenters. The van der Waals surface area contributed by atoms with Crippen molar-refractivity contribution in [2.45, 2.75) is 50.8 Å². The van der Waals surface area contributed by atoms with Gasteiger partial charge in [-0.1, -0.05) is 25.3 Å². The van der Waals surface area contributed by atoms with E-state index in [1.807, 2.05) is 12.3 Å². The second-order valence-electron chi connectivity index (χ2n) is 7.52. The van der Waals surface area contributed by atoms with Crippen LogP contribution in [0.25, 0.3) is 0 Å². The van der Waals surface area contributed by atoms with Gasteiger partial charge in [0.2, 0.25) is 5.91 Å². The largest absolute Gasteiger partial charge is 0.365 e. The first-order chi connectivity index (χ1) is 11.8. The quantitative estimate of drug-likeness (QED) is 0.848. The number of morpholine rings is 1. The molecule has 2 saturated heterocycles. The van der Waals surface area contributed by atoms with E-state index in [4.69, 9.17) is 4.74 Å². The van der Waals surface area contributed by atoms with Crippen molar-refractivity contribution in [1.29, 1.82) is 0 Å². The molecule has 1 aliphatic carbocycles. The maximum atomic E-state index is 12.4. The van der Waals surface area contributed by atoms with Crippen molar-refractivity contribution < 1.29 is 9.53 Å². The molecule has 5 heteroatoms. The van der Waals surface area contributed by atoms with Crippen molar-refractivity contribution in [2.75, 3.05) is 26.2 Å². The van der Waals surface area contributed by atoms with Crippen LogP contribution in [0.15, 0.2) is 24.5 Å². The molecule has 1 amide bonds. The minimum absolute atomic E-state index is 0.169. The Labute approximate surface area is 144 Å². The Morgan fingerprint density at radius 1 is 1.21 bits per heavy atom. The average Bonchev–Trinajstić information content (AvgIpc) is 3.02. The Bertz CT molecular complexity index is 559. The number of hydrogen-bond donors (Lipinski definition) is 0. The molecule has 0 bridgehead atoms. The molecule has 2 aliphatic heterocycles. The average molecular weight is 329 g/mol. The fraction of sp³-hybridized carbons (Fsp3) is 0.684. The van der Waals surface area contributed by atoms with Gasteiger partial charge in [0.25, 0.3) is 0 Å². The maximum Gasteiger partial charge on any atom is 0.248 e. The number of aromatic nitrogens is 1. The summed E-state index contributed by atoms with van der Waals surface area (Å²) in [4.78, 5) is 21.2. The minimum atomic E-state index is 0.169. The Morgan fingerprint density at radius 3 is 2.88 bits per heavy atom. The van der Waals surface area contributed by atoms with Crippen molar-refractivity contribution >= 4 is 5.91 Å². The molecule has 2 atom stereocenters. The first-order valence-corrected chi connectivity index (χ1v) is 9.32. The van der Waals surface area contributed by atoms with E-state index in [1.165, 1.54) is 37.7 Å². The zero-order valence-electron chi connectivity index (χ0n) is 14.3. The van der Waals surface area contributed by atoms with Gasteiger partial charge in [0.1, 0.15) is 6.61 Å². The summed E-state index contributed by atoms with van der Waals surface area (Å²) in [6.45, 7) is 3.90. The predicted molar refractivity (Wildman–Crippen MR) is 91.3 cm³/mol. The van der Waals surface area contributed by atoms with Crippen molar-refractivity contribution in [3.8, 4) is 0 Å². The molecule has 3 aliphatic rings. The highest BCUT2D eigenvalue weighted by atomic mass is 16.5. The zero-order chi connectivity index (χ0) is 16.4. The minimum Gasteiger partial charge on any atom is -0.365 e. The first-order valence-electron chi connectivity index (χ1n) is 9.32. The molecular formula is C19H27N3O2. The van der Waals surface area contributed by atoms with Gasteiger partial charge in [0.15, 0.2) is 0 Å². The first kappa shape index (κ1) is 16.0. The van der Waals surface area contributed by atoms with Gasteiger partial charge in [-0.15, -0.1) is 0 Å². The van der Waals surface area contributed by atoms with Crippen LogP contribution in [0.2, 0.25) is 0 Å². The van der Waals surface area contributed by atoms with Gasteiger partial charge in [0, 0.05) is 38.6 Å². The summed E-state index contributed by atoms with van der Waals surface area (Å²) >= 11 is 0. The zero-order valence-corrected chi connectivity index (χ0v) is 14.3. The lowest BCUT2D eigenvalue weighted by Crippen LogP contribution is -2.55. The SMILES string of the molecule is O=C1CO[C@H]2CN(Cc3cccnc3)C[C@H]2N1CC1CCCCC1. The highest BCUT2D eigenvalue weighted by Crippen LogP contribution is 2.29. The van der Waals surface area contributed by atoms with Gasteiger partial charge in [-0.3, -0.25) is 14.7 Å². The number of pyridine rings is 1. The molecule has 24 heavy (non-hydrogen) atoms. The summed E-state index contributed by atoms with van der Waals surface area (Å²) < 4.78 is 5.85. The Hall–Kier alpha value is -1.46. The summed E-state index contributed by atoms with van der Waals surface area (Å²) in [5.74, 6) is 0.874. The molecule has 3 heterocycles. The van der Waals surface area contributed by atoms with E-state index in [0.29, 0.717) is 5.92 Å². The molecule has 0 aromatic carbocycles. The lowest BCUT2D eigenvalue weighted by atomic mass is 9.88. The third-order valence-corrected chi connectivity index (χ3v) is 5.76. The van der Waals surface area contributed by atoms with Gasteiger partial charge in [-0.25, -0.2) is 0 Å². The number of amides is 1. The Morgan fingerprint density at radius 2 is 2.08 bits per heavy atom. The normalized spacial score (nSPS) is 29.0. The van der Waals surface area contributed by atoms with Crippen LogP contribution in [0.3, 0.4) is 0 Å². The van der Waals surface area contributed by atoms with Crippen LogP contribution in [0.1, 0.15) is 37.7 Å². The summed E-state index contributed by atoms with van der Waals surface area (Å²) in [6, 6.07) is 4.32. The fourth-order valence-electron chi connectivity index (χ4n) is 4.51. The van der Waals surface area contributed by atoms with E-state index in [1.54, 1.807) is 6.20 Å². The molecule has 130 valence electrons. The molecule has 5 nitrogen and oxygen atoms in total. The number of hydrogen-bond acceptors (Lipinski definition) is 4. The lowest BCUT2D eigenvalue weighted by molar-refractivity contribution is -0.154. The molecule has 0 N–H and O–H groups in total. The van der Waals surface area contributed by atoms with Crippen LogP contribution in [0, 0.1) is 5.92 Å². The lowest BCUT2D eigenvalue weighted by Gasteiger charge is -2.39. The molecule has 1 aromatic heterocycles. The number of fused-ring (bicyclic) bond motifs is 1. The topological polar surface area (TPSA) is 45.7 Å². The van der Waals surface area contributed by atoms with Crippen LogP contribution in [-0.2, 0) is 16.1 Å². The van der Waals surface area contributed by atoms with E-state index < -0.39 is 0 Å². The van der Waals surface area contributed by atoms with E-state index in [2.05, 4.69) is 20.9 Å². The van der Waals surface area contributed by atoms with E-state index in [0.717, 1.165) is 26.2 Å². The van der Waals surface area contributed by atoms with Gasteiger partial charge in [-0.05, 0) is 30.4 Å². The maximum absolute atomic E-state index is 12.4. The van der Waals surface area contributed by atoms with Crippen LogP contribution >= 0.6 is 0 Å². The summed E-state index contributed by atoms with van der Waals surface area (Å²) in [5, 5.41) is 0. The highest BCUT2D eigenvalue weighted by molar-refractivity contribution is 5.78. The molecule has 0 spiro atoms. The summed E-state index contributed by atoms with van der Waals surface area (Å²) in [6.07, 6.45) is 10.5. The second-order valence-corrected chi connectivity index (χ2v) is 7.52. The van der Waals surface area contributed by atoms with Crippen LogP contribution in [0.4, 0.5) is 0 Å². The standard InChI is InChI=1S/C19H27N3O2/c23-19-14-24-18-13-21(10-16-7-4-8-20-9-16)12-17(18)22(19)11-15-5-2-1-3-6-15/h4,7-9,15,17-18H,1-3,5-6,10-14H2/t17-,18+/m1/s1. The second kappa shape index (κ2) is 7.19. The van der Waals surface area contributed by atoms with E-state index >= 15 is 0 Å². The number of carbonyl (C=O) groups excluding carboxylic acids is 1. The monoisotopic (exact) mass is 329 g/mol. The highest BCUT2D eigenvalue weighted by Gasteiger charge is 2.43. The third-order valence-electron chi connectivity index (χ3n) is 5.76. The molecule has 1 aromatic rings. The Kier molecular flexibility index (Phi) is 4.81. The van der Waals surface area contributed by atoms with Crippen molar-refractivity contribution in [1.82, 2.24) is 14.8 Å². The van der Waals surface area contributed by atoms with Gasteiger partial charge >= 0.3 is 0 Å². The molecular weight excluding hydrogens is 302 g/mol. The van der Waals surface area contributed by atoms with Gasteiger partial charge in [0.05, 0.1) is 12.1 Å². The fourth-order valence-corrected chi connectivity index (χ4v) is 4.51. The number of rotatable bonds is 4. The summed E-state index contributed by atoms with van der Waals surface area (Å²) in [5.41, 5.74) is 1.22. The number of likely N-dealkylation sites (tertiary alicyclic amines) is 1. The number of ether oxygens (including phenoxy) is 1. The smallest absolute Gasteiger partial charge is 0.248 e. The number of nitrogens with zero attached hydrogens (tertiary/aromatic N) is 3. The van der Waals surface area contributed by atoms with Crippen LogP contribution in [0.5, 0.6) is 0 Å². The summed E-state index contributed by atoms with van der Waals surface area (Å²) in [7, 11) is 0. The molecule has 0 radical (unpaired) electrons. The van der Waals surface area contributed by atoms with Crippen LogP contribution in [-0.4, -0.2) is 59.1 Å². The molecule has 3 fully saturated rings. The van der Waals surface area contributed by atoms with E-state index in [-0.39, 0.29) is 24.7 Å². The van der Waals surface area contributed by atoms with Crippen molar-refractivity contribution in [3.05, 3.63) is 30.1 Å². The van der Waals surface area contributed by atoms with Gasteiger partial charge < -0.3 is 9.64 Å². The van der Waals surface area contributed by atoms with Crippen LogP contribution < -0.4 is 0 Å². The number of carbonyl (C=O) groups is 1. The van der Waals surface area contributed by atoms with Crippen molar-refractivity contribution in [3.63, 3.8) is 0 Å². The third kappa shape index (κ3) is 3.47. The van der Waals surface area contributed by atoms with Gasteiger partial charge in [-0.2, -0.15) is 0 Å². The Balaban J connectivity index is 1.41. The molecule has 1 saturated carbocycles. The molecule has 4 rings (SSSR count). The predicted octanol–water partition coefficient (Wildman–Crippen LogP) is 2.07.